The Labute approximate surface area is 74.4 Å². The van der Waals surface area contributed by atoms with Crippen molar-refractivity contribution in [2.45, 2.75) is 0 Å². The Morgan fingerprint density at radius 2 is 2.23 bits per heavy atom. The molecule has 4 heteroatoms. The number of hydrogen-bond donors (Lipinski definition) is 0. The maximum Gasteiger partial charge on any atom is 0.342 e. The van der Waals surface area contributed by atoms with E-state index in [0.29, 0.717) is 0 Å². The Balaban J connectivity index is 2.78. The van der Waals surface area contributed by atoms with Gasteiger partial charge >= 0.3 is 5.97 Å². The summed E-state index contributed by atoms with van der Waals surface area (Å²) >= 11 is 0. The Bertz CT molecular complexity index is 357. The number of carbonyl (C=O) groups is 1. The van der Waals surface area contributed by atoms with Crippen molar-refractivity contribution in [1.82, 2.24) is 0 Å². The predicted molar refractivity (Wildman–Crippen MR) is 42.3 cm³/mol. The van der Waals surface area contributed by atoms with Crippen LogP contribution >= 0.6 is 0 Å². The molecule has 0 saturated heterocycles. The summed E-state index contributed by atoms with van der Waals surface area (Å²) in [7, 11) is 0. The minimum absolute atomic E-state index is 0.155. The average molecular weight is 179 g/mol. The topological polar surface area (TPSA) is 50.1 Å². The molecule has 13 heavy (non-hydrogen) atoms. The molecule has 1 rings (SSSR count). The molecule has 0 aliphatic rings. The Hall–Kier alpha value is -1.89. The summed E-state index contributed by atoms with van der Waals surface area (Å²) in [5, 5.41) is 8.11. The van der Waals surface area contributed by atoms with Crippen LogP contribution in [0.3, 0.4) is 0 Å². The van der Waals surface area contributed by atoms with Crippen LogP contribution < -0.4 is 0 Å². The standard InChI is InChI=1S/C9H6FNO2/c10-8-4-2-1-3-7(8)9(12)13-6-5-11/h1-4H,6H2. The van der Waals surface area contributed by atoms with Gasteiger partial charge in [0.05, 0.1) is 5.56 Å². The van der Waals surface area contributed by atoms with Gasteiger partial charge in [0, 0.05) is 0 Å². The van der Waals surface area contributed by atoms with Crippen LogP contribution in [0.25, 0.3) is 0 Å². The van der Waals surface area contributed by atoms with E-state index in [1.807, 2.05) is 0 Å². The quantitative estimate of drug-likeness (QED) is 0.646. The van der Waals surface area contributed by atoms with Crippen LogP contribution in [0.5, 0.6) is 0 Å². The fraction of sp³-hybridized carbons (Fsp3) is 0.111. The van der Waals surface area contributed by atoms with Crippen molar-refractivity contribution >= 4 is 5.97 Å². The highest BCUT2D eigenvalue weighted by Crippen LogP contribution is 2.07. The molecule has 3 nitrogen and oxygen atoms in total. The Morgan fingerprint density at radius 3 is 2.85 bits per heavy atom. The van der Waals surface area contributed by atoms with Gasteiger partial charge in [0.1, 0.15) is 11.9 Å². The molecule has 0 radical (unpaired) electrons. The maximum absolute atomic E-state index is 12.9. The van der Waals surface area contributed by atoms with E-state index in [-0.39, 0.29) is 12.2 Å². The number of nitriles is 1. The van der Waals surface area contributed by atoms with E-state index in [0.717, 1.165) is 6.07 Å². The molecule has 0 aromatic heterocycles. The fourth-order valence-corrected chi connectivity index (χ4v) is 0.802. The lowest BCUT2D eigenvalue weighted by Crippen LogP contribution is -2.07. The first-order chi connectivity index (χ1) is 6.25. The molecule has 0 saturated carbocycles. The molecule has 0 atom stereocenters. The van der Waals surface area contributed by atoms with Gasteiger partial charge in [-0.25, -0.2) is 9.18 Å². The molecule has 66 valence electrons. The summed E-state index contributed by atoms with van der Waals surface area (Å²) in [6, 6.07) is 7.07. The van der Waals surface area contributed by atoms with Crippen molar-refractivity contribution < 1.29 is 13.9 Å². The highest BCUT2D eigenvalue weighted by Gasteiger charge is 2.11. The van der Waals surface area contributed by atoms with Crippen LogP contribution in [0, 0.1) is 17.1 Å². The van der Waals surface area contributed by atoms with Crippen molar-refractivity contribution in [3.05, 3.63) is 35.6 Å². The highest BCUT2D eigenvalue weighted by molar-refractivity contribution is 5.89. The molecule has 0 heterocycles. The molecule has 0 fully saturated rings. The normalized spacial score (nSPS) is 8.92. The number of ether oxygens (including phenoxy) is 1. The third-order valence-electron chi connectivity index (χ3n) is 1.36. The predicted octanol–water partition coefficient (Wildman–Crippen LogP) is 1.51. The lowest BCUT2D eigenvalue weighted by Gasteiger charge is -2.00. The number of nitrogens with zero attached hydrogens (tertiary/aromatic N) is 1. The lowest BCUT2D eigenvalue weighted by atomic mass is 10.2. The van der Waals surface area contributed by atoms with Crippen molar-refractivity contribution in [3.8, 4) is 6.07 Å². The summed E-state index contributed by atoms with van der Waals surface area (Å²) < 4.78 is 17.3. The summed E-state index contributed by atoms with van der Waals surface area (Å²) in [4.78, 5) is 11.0. The van der Waals surface area contributed by atoms with Crippen LogP contribution in [0.1, 0.15) is 10.4 Å². The number of hydrogen-bond acceptors (Lipinski definition) is 3. The fourth-order valence-electron chi connectivity index (χ4n) is 0.802. The van der Waals surface area contributed by atoms with Gasteiger partial charge in [-0.3, -0.25) is 0 Å². The van der Waals surface area contributed by atoms with E-state index in [1.54, 1.807) is 6.07 Å². The lowest BCUT2D eigenvalue weighted by molar-refractivity contribution is 0.0549. The number of carbonyl (C=O) groups excluding carboxylic acids is 1. The number of benzene rings is 1. The first-order valence-corrected chi connectivity index (χ1v) is 3.54. The second kappa shape index (κ2) is 4.21. The van der Waals surface area contributed by atoms with Crippen LogP contribution in [0.2, 0.25) is 0 Å². The van der Waals surface area contributed by atoms with Gasteiger partial charge in [-0.05, 0) is 12.1 Å². The van der Waals surface area contributed by atoms with E-state index in [2.05, 4.69) is 4.74 Å². The monoisotopic (exact) mass is 179 g/mol. The molecule has 0 aliphatic heterocycles. The SMILES string of the molecule is N#CCOC(=O)c1ccccc1F. The molecule has 1 aromatic carbocycles. The van der Waals surface area contributed by atoms with E-state index >= 15 is 0 Å². The van der Waals surface area contributed by atoms with Gasteiger partial charge in [-0.2, -0.15) is 5.26 Å². The average Bonchev–Trinajstić information content (AvgIpc) is 2.15. The zero-order valence-electron chi connectivity index (χ0n) is 6.66. The molecule has 0 amide bonds. The second-order valence-electron chi connectivity index (χ2n) is 2.21. The maximum atomic E-state index is 12.9. The van der Waals surface area contributed by atoms with E-state index < -0.39 is 11.8 Å². The highest BCUT2D eigenvalue weighted by atomic mass is 19.1. The molecular weight excluding hydrogens is 173 g/mol. The smallest absolute Gasteiger partial charge is 0.342 e. The zero-order valence-corrected chi connectivity index (χ0v) is 6.66. The van der Waals surface area contributed by atoms with Gasteiger partial charge in [0.25, 0.3) is 0 Å². The van der Waals surface area contributed by atoms with Crippen molar-refractivity contribution in [2.75, 3.05) is 6.61 Å². The first-order valence-electron chi connectivity index (χ1n) is 3.54. The number of rotatable bonds is 2. The van der Waals surface area contributed by atoms with Gasteiger partial charge in [0.15, 0.2) is 6.61 Å². The second-order valence-corrected chi connectivity index (χ2v) is 2.21. The van der Waals surface area contributed by atoms with Gasteiger partial charge in [0.2, 0.25) is 0 Å². The van der Waals surface area contributed by atoms with Crippen LogP contribution in [-0.4, -0.2) is 12.6 Å². The van der Waals surface area contributed by atoms with Crippen molar-refractivity contribution in [3.63, 3.8) is 0 Å². The molecular formula is C9H6FNO2. The Kier molecular flexibility index (Phi) is 2.98. The first kappa shape index (κ1) is 9.20. The molecule has 0 N–H and O–H groups in total. The summed E-state index contributed by atoms with van der Waals surface area (Å²) in [6.45, 7) is -0.368. The van der Waals surface area contributed by atoms with Crippen LogP contribution in [0.15, 0.2) is 24.3 Å². The van der Waals surface area contributed by atoms with E-state index in [1.165, 1.54) is 18.2 Å². The number of esters is 1. The van der Waals surface area contributed by atoms with Crippen LogP contribution in [0.4, 0.5) is 4.39 Å². The summed E-state index contributed by atoms with van der Waals surface area (Å²) in [5.74, 6) is -1.47. The van der Waals surface area contributed by atoms with Gasteiger partial charge in [-0.15, -0.1) is 0 Å². The molecule has 0 aliphatic carbocycles. The Morgan fingerprint density at radius 1 is 1.54 bits per heavy atom. The summed E-state index contributed by atoms with van der Waals surface area (Å²) in [5.41, 5.74) is -0.155. The molecule has 0 bridgehead atoms. The van der Waals surface area contributed by atoms with E-state index in [4.69, 9.17) is 5.26 Å². The largest absolute Gasteiger partial charge is 0.447 e. The zero-order chi connectivity index (χ0) is 9.68. The number of halogens is 1. The van der Waals surface area contributed by atoms with Gasteiger partial charge < -0.3 is 4.74 Å². The third kappa shape index (κ3) is 2.27. The minimum Gasteiger partial charge on any atom is -0.447 e. The van der Waals surface area contributed by atoms with Gasteiger partial charge in [-0.1, -0.05) is 12.1 Å². The summed E-state index contributed by atoms with van der Waals surface area (Å²) in [6.07, 6.45) is 0. The van der Waals surface area contributed by atoms with Crippen LogP contribution in [-0.2, 0) is 4.74 Å². The third-order valence-corrected chi connectivity index (χ3v) is 1.36. The van der Waals surface area contributed by atoms with Crippen molar-refractivity contribution in [1.29, 1.82) is 5.26 Å². The molecule has 1 aromatic rings. The molecule has 0 spiro atoms. The molecule has 0 unspecified atom stereocenters. The minimum atomic E-state index is -0.820. The van der Waals surface area contributed by atoms with Crippen molar-refractivity contribution in [2.24, 2.45) is 0 Å². The van der Waals surface area contributed by atoms with E-state index in [9.17, 15) is 9.18 Å².